The second-order valence-electron chi connectivity index (χ2n) is 16.2. The highest BCUT2D eigenvalue weighted by Crippen LogP contribution is 2.65. The molecule has 1 aliphatic heterocycles. The molecule has 5 amide bonds. The molecule has 2 unspecified atom stereocenters. The first kappa shape index (κ1) is 35.9. The molecule has 48 heavy (non-hydrogen) atoms. The van der Waals surface area contributed by atoms with Gasteiger partial charge in [0, 0.05) is 6.54 Å². The highest BCUT2D eigenvalue weighted by molar-refractivity contribution is 7.91. The lowest BCUT2D eigenvalue weighted by Gasteiger charge is -2.40. The summed E-state index contributed by atoms with van der Waals surface area (Å²) in [6.45, 7) is 11.4. The van der Waals surface area contributed by atoms with Crippen molar-refractivity contribution in [2.45, 2.75) is 121 Å². The number of aryl methyl sites for hydroxylation is 1. The molecular formula is C34H51N5O8S. The second-order valence-corrected chi connectivity index (χ2v) is 18.2. The fourth-order valence-electron chi connectivity index (χ4n) is 8.05. The lowest BCUT2D eigenvalue weighted by atomic mass is 9.83. The number of sulfone groups is 1. The third kappa shape index (κ3) is 7.28. The number of furan rings is 1. The van der Waals surface area contributed by atoms with Gasteiger partial charge in [-0.25, -0.2) is 13.2 Å². The first-order valence-corrected chi connectivity index (χ1v) is 18.7. The number of rotatable bonds is 12. The number of hydrogen-bond acceptors (Lipinski definition) is 8. The van der Waals surface area contributed by atoms with Crippen LogP contribution in [0, 0.1) is 35.5 Å². The maximum Gasteiger partial charge on any atom is 0.315 e. The summed E-state index contributed by atoms with van der Waals surface area (Å²) < 4.78 is 32.2. The number of nitrogens with one attached hydrogen (secondary N) is 3. The molecular weight excluding hydrogens is 638 g/mol. The van der Waals surface area contributed by atoms with Crippen LogP contribution in [0.1, 0.15) is 91.7 Å². The molecule has 0 radical (unpaired) electrons. The normalized spacial score (nSPS) is 25.7. The number of Topliss-reactive ketones (excluding diaryl/α,β-unsaturated/α-hetero) is 1. The van der Waals surface area contributed by atoms with Gasteiger partial charge in [-0.2, -0.15) is 0 Å². The largest absolute Gasteiger partial charge is 0.468 e. The number of urea groups is 1. The van der Waals surface area contributed by atoms with Crippen LogP contribution in [0.25, 0.3) is 0 Å². The van der Waals surface area contributed by atoms with Crippen molar-refractivity contribution >= 4 is 39.4 Å². The van der Waals surface area contributed by atoms with Crippen LogP contribution in [0.5, 0.6) is 0 Å². The monoisotopic (exact) mass is 689 g/mol. The molecule has 4 fully saturated rings. The minimum atomic E-state index is -3.80. The highest BCUT2D eigenvalue weighted by Gasteiger charge is 2.70. The van der Waals surface area contributed by atoms with Crippen molar-refractivity contribution in [1.29, 1.82) is 0 Å². The van der Waals surface area contributed by atoms with Crippen molar-refractivity contribution in [2.24, 2.45) is 34.3 Å². The van der Waals surface area contributed by atoms with Crippen molar-refractivity contribution in [3.05, 3.63) is 18.1 Å². The van der Waals surface area contributed by atoms with Gasteiger partial charge in [-0.3, -0.25) is 19.2 Å². The number of amides is 5. The second kappa shape index (κ2) is 12.8. The average molecular weight is 690 g/mol. The summed E-state index contributed by atoms with van der Waals surface area (Å²) in [5, 5.41) is 8.58. The Morgan fingerprint density at radius 2 is 1.71 bits per heavy atom. The summed E-state index contributed by atoms with van der Waals surface area (Å²) in [4.78, 5) is 68.1. The number of carbonyl (C=O) groups is 5. The van der Waals surface area contributed by atoms with Crippen LogP contribution < -0.4 is 21.7 Å². The molecule has 0 spiro atoms. The number of carbonyl (C=O) groups excluding carboxylic acids is 5. The smallest absolute Gasteiger partial charge is 0.315 e. The number of fused-ring (bicyclic) bond motifs is 1. The lowest BCUT2D eigenvalue weighted by Crippen LogP contribution is -2.63. The molecule has 14 heteroatoms. The zero-order chi connectivity index (χ0) is 35.4. The number of hydrogen-bond donors (Lipinski definition) is 4. The molecule has 1 aromatic rings. The van der Waals surface area contributed by atoms with E-state index in [0.29, 0.717) is 25.8 Å². The predicted molar refractivity (Wildman–Crippen MR) is 176 cm³/mol. The average Bonchev–Trinajstić information content (AvgIpc) is 3.73. The van der Waals surface area contributed by atoms with E-state index in [-0.39, 0.29) is 39.6 Å². The molecule has 1 aromatic heterocycles. The summed E-state index contributed by atoms with van der Waals surface area (Å²) in [5.41, 5.74) is 3.26. The Morgan fingerprint density at radius 1 is 1.06 bits per heavy atom. The molecule has 0 aromatic carbocycles. The summed E-state index contributed by atoms with van der Waals surface area (Å²) in [6.07, 6.45) is 6.78. The van der Waals surface area contributed by atoms with E-state index in [1.54, 1.807) is 6.92 Å². The first-order chi connectivity index (χ1) is 22.3. The van der Waals surface area contributed by atoms with Crippen LogP contribution >= 0.6 is 0 Å². The molecule has 1 saturated heterocycles. The van der Waals surface area contributed by atoms with Crippen LogP contribution in [0.3, 0.4) is 0 Å². The Balaban J connectivity index is 1.35. The van der Waals surface area contributed by atoms with Crippen molar-refractivity contribution in [1.82, 2.24) is 20.9 Å². The minimum absolute atomic E-state index is 0.0439. The molecule has 5 N–H and O–H groups in total. The van der Waals surface area contributed by atoms with Gasteiger partial charge >= 0.3 is 6.03 Å². The number of primary amides is 1. The van der Waals surface area contributed by atoms with Crippen LogP contribution in [0.15, 0.2) is 21.6 Å². The van der Waals surface area contributed by atoms with Crippen molar-refractivity contribution in [2.75, 3.05) is 12.3 Å². The zero-order valence-corrected chi connectivity index (χ0v) is 29.7. The number of nitrogens with zero attached hydrogens (tertiary/aromatic N) is 1. The van der Waals surface area contributed by atoms with E-state index in [4.69, 9.17) is 10.2 Å². The zero-order valence-electron chi connectivity index (χ0n) is 28.9. The molecule has 5 atom stereocenters. The van der Waals surface area contributed by atoms with Gasteiger partial charge in [-0.1, -0.05) is 66.7 Å². The summed E-state index contributed by atoms with van der Waals surface area (Å²) in [7, 11) is -3.80. The maximum absolute atomic E-state index is 14.4. The topological polar surface area (TPSA) is 198 Å². The summed E-state index contributed by atoms with van der Waals surface area (Å²) in [5.74, 6) is -2.84. The summed E-state index contributed by atoms with van der Waals surface area (Å²) >= 11 is 0. The van der Waals surface area contributed by atoms with E-state index in [0.717, 1.165) is 32.1 Å². The molecule has 266 valence electrons. The molecule has 3 saturated carbocycles. The summed E-state index contributed by atoms with van der Waals surface area (Å²) in [6, 6.07) is -2.26. The fourth-order valence-corrected chi connectivity index (χ4v) is 10.0. The number of nitrogens with two attached hydrogens (primary N) is 1. The van der Waals surface area contributed by atoms with E-state index in [1.807, 2.05) is 34.6 Å². The van der Waals surface area contributed by atoms with Gasteiger partial charge in [-0.05, 0) is 60.8 Å². The van der Waals surface area contributed by atoms with Gasteiger partial charge in [-0.15, -0.1) is 0 Å². The molecule has 0 bridgehead atoms. The van der Waals surface area contributed by atoms with E-state index in [9.17, 15) is 32.4 Å². The predicted octanol–water partition coefficient (Wildman–Crippen LogP) is 2.60. The van der Waals surface area contributed by atoms with E-state index >= 15 is 0 Å². The van der Waals surface area contributed by atoms with Gasteiger partial charge in [0.25, 0.3) is 5.91 Å². The Labute approximate surface area is 282 Å². The fraction of sp³-hybridized carbons (Fsp3) is 0.735. The number of piperidine rings is 1. The molecule has 3 aliphatic carbocycles. The van der Waals surface area contributed by atoms with Crippen molar-refractivity contribution in [3.8, 4) is 0 Å². The van der Waals surface area contributed by atoms with Gasteiger partial charge in [0.1, 0.15) is 22.7 Å². The van der Waals surface area contributed by atoms with E-state index in [1.165, 1.54) is 17.2 Å². The highest BCUT2D eigenvalue weighted by atomic mass is 32.2. The Hall–Kier alpha value is -3.42. The van der Waals surface area contributed by atoms with Crippen molar-refractivity contribution in [3.63, 3.8) is 0 Å². The number of ketones is 1. The molecule has 13 nitrogen and oxygen atoms in total. The maximum atomic E-state index is 14.4. The first-order valence-electron chi connectivity index (χ1n) is 17.1. The molecule has 5 rings (SSSR count). The number of likely N-dealkylation sites (tertiary alicyclic amines) is 1. The van der Waals surface area contributed by atoms with Crippen LogP contribution in [0.2, 0.25) is 0 Å². The lowest BCUT2D eigenvalue weighted by molar-refractivity contribution is -0.145. The van der Waals surface area contributed by atoms with E-state index < -0.39 is 68.5 Å². The molecule has 2 heterocycles. The standard InChI is InChI=1S/C34H51N5O8S/c1-19-23(12-15-47-19)48(45,46)18-34(13-8-7-9-14-34)38-31(44)37-27(32(2,3)4)30(43)39-17-21-24(33(21,5)6)25(39)29(42)36-22(16-20-10-11-20)26(40)28(35)41/h12,15,20-22,24-25,27H,7-11,13-14,16-18H2,1-6H3,(H2,35,41)(H,36,42)(H2,37,38,44)/t21-,22?,24?,25-,27+/m0/s1. The Bertz CT molecular complexity index is 1570. The van der Waals surface area contributed by atoms with Crippen LogP contribution in [-0.2, 0) is 29.0 Å². The van der Waals surface area contributed by atoms with Gasteiger partial charge in [0.2, 0.25) is 17.6 Å². The van der Waals surface area contributed by atoms with Crippen LogP contribution in [-0.4, -0.2) is 78.8 Å². The third-order valence-corrected chi connectivity index (χ3v) is 13.1. The SMILES string of the molecule is Cc1occc1S(=O)(=O)CC1(NC(=O)N[C@H](C(=O)N2C[C@H]3C([C@H]2C(=O)NC(CC2CC2)C(=O)C(N)=O)C3(C)C)C(C)(C)C)CCCCC1. The third-order valence-electron chi connectivity index (χ3n) is 11.1. The Kier molecular flexibility index (Phi) is 9.56. The minimum Gasteiger partial charge on any atom is -0.468 e. The Morgan fingerprint density at radius 3 is 2.25 bits per heavy atom. The van der Waals surface area contributed by atoms with Crippen LogP contribution in [0.4, 0.5) is 4.79 Å². The quantitative estimate of drug-likeness (QED) is 0.240. The van der Waals surface area contributed by atoms with Crippen molar-refractivity contribution < 1.29 is 36.8 Å². The van der Waals surface area contributed by atoms with Gasteiger partial charge in [0.05, 0.1) is 23.6 Å². The molecule has 4 aliphatic rings. The van der Waals surface area contributed by atoms with Gasteiger partial charge in [0.15, 0.2) is 9.84 Å². The van der Waals surface area contributed by atoms with E-state index in [2.05, 4.69) is 16.0 Å². The van der Waals surface area contributed by atoms with Gasteiger partial charge < -0.3 is 31.0 Å².